The van der Waals surface area contributed by atoms with E-state index in [2.05, 4.69) is 30.4 Å². The van der Waals surface area contributed by atoms with Crippen molar-refractivity contribution in [3.05, 3.63) is 85.5 Å². The van der Waals surface area contributed by atoms with E-state index in [1.807, 2.05) is 54.6 Å². The number of β-amino-alcohol motifs (C(OH)–C–C–N with tert-alkyl or cyclic N) is 1. The number of thioether (sulfide) groups is 1. The van der Waals surface area contributed by atoms with Crippen molar-refractivity contribution in [3.63, 3.8) is 0 Å². The maximum atomic E-state index is 14.7. The Morgan fingerprint density at radius 1 is 1.07 bits per heavy atom. The summed E-state index contributed by atoms with van der Waals surface area (Å²) in [6.07, 6.45) is 4.09. The largest absolute Gasteiger partial charge is 0.395 e. The second kappa shape index (κ2) is 12.2. The van der Waals surface area contributed by atoms with Crippen LogP contribution in [0.15, 0.2) is 79.9 Å². The number of amides is 3. The Morgan fingerprint density at radius 2 is 1.77 bits per heavy atom. The summed E-state index contributed by atoms with van der Waals surface area (Å²) in [6, 6.07) is 16.5. The molecule has 1 spiro atoms. The van der Waals surface area contributed by atoms with Gasteiger partial charge >= 0.3 is 0 Å². The van der Waals surface area contributed by atoms with Crippen LogP contribution in [0.3, 0.4) is 0 Å². The van der Waals surface area contributed by atoms with Crippen molar-refractivity contribution in [3.8, 4) is 0 Å². The molecule has 2 bridgehead atoms. The summed E-state index contributed by atoms with van der Waals surface area (Å²) in [5, 5.41) is 18.5. The normalized spacial score (nSPS) is 27.0. The molecule has 3 fully saturated rings. The fourth-order valence-corrected chi connectivity index (χ4v) is 9.97. The highest BCUT2D eigenvalue weighted by atomic mass is 32.2. The number of aromatic nitrogens is 3. The minimum Gasteiger partial charge on any atom is -0.395 e. The molecule has 3 unspecified atom stereocenters. The van der Waals surface area contributed by atoms with Crippen LogP contribution in [-0.4, -0.2) is 94.8 Å². The van der Waals surface area contributed by atoms with Crippen molar-refractivity contribution in [1.29, 1.82) is 0 Å². The van der Waals surface area contributed by atoms with Gasteiger partial charge in [-0.2, -0.15) is 0 Å². The number of hydrogen-bond donors (Lipinski definition) is 1. The standard InChI is InChI=1S/C33H38N6O4S/c1-4-15-36(20-23-11-7-6-8-12-23)30(41)27-26-19-22(3)33(44-26)28(27)31(42)38(17-18-40)29(33)32(43)37(16-5-2)21-39-25-14-10-9-13-24(25)34-35-39/h4-14,22,26-29,40H,1-2,15-21H2,3H3/t22?,26-,27+,28-,29?,33?/m0/s1. The molecule has 11 heteroatoms. The molecule has 44 heavy (non-hydrogen) atoms. The van der Waals surface area contributed by atoms with Crippen LogP contribution < -0.4 is 0 Å². The highest BCUT2D eigenvalue weighted by Gasteiger charge is 2.76. The van der Waals surface area contributed by atoms with Gasteiger partial charge in [-0.1, -0.05) is 66.8 Å². The Bertz CT molecular complexity index is 1580. The van der Waals surface area contributed by atoms with Crippen molar-refractivity contribution in [2.75, 3.05) is 26.2 Å². The fourth-order valence-electron chi connectivity index (χ4n) is 7.56. The molecule has 3 aromatic rings. The first-order chi connectivity index (χ1) is 21.3. The minimum atomic E-state index is -0.841. The summed E-state index contributed by atoms with van der Waals surface area (Å²) in [6.45, 7) is 10.7. The van der Waals surface area contributed by atoms with Crippen LogP contribution in [0.4, 0.5) is 0 Å². The first-order valence-electron chi connectivity index (χ1n) is 15.1. The predicted octanol–water partition coefficient (Wildman–Crippen LogP) is 2.95. The summed E-state index contributed by atoms with van der Waals surface area (Å²) in [7, 11) is 0. The number of likely N-dealkylation sites (tertiary alicyclic amines) is 1. The zero-order chi connectivity index (χ0) is 31.0. The van der Waals surface area contributed by atoms with Crippen LogP contribution in [-0.2, 0) is 27.6 Å². The Balaban J connectivity index is 1.35. The van der Waals surface area contributed by atoms with Gasteiger partial charge in [0.05, 0.1) is 28.7 Å². The number of aliphatic hydroxyl groups is 1. The van der Waals surface area contributed by atoms with Crippen LogP contribution in [0.1, 0.15) is 18.9 Å². The summed E-state index contributed by atoms with van der Waals surface area (Å²) in [4.78, 5) is 48.3. The van der Waals surface area contributed by atoms with E-state index in [1.54, 1.807) is 38.4 Å². The molecule has 3 aliphatic rings. The van der Waals surface area contributed by atoms with Gasteiger partial charge < -0.3 is 19.8 Å². The lowest BCUT2D eigenvalue weighted by Gasteiger charge is -2.41. The SMILES string of the molecule is C=CCN(Cn1nnc2ccccc21)C(=O)C1N(CCO)C(=O)[C@@H]2[C@H](C(=O)N(CC=C)Cc3ccccc3)[C@@H]3CC(C)C12S3. The molecular formula is C33H38N6O4S. The zero-order valence-electron chi connectivity index (χ0n) is 24.9. The maximum absolute atomic E-state index is 14.7. The van der Waals surface area contributed by atoms with Crippen molar-refractivity contribution in [1.82, 2.24) is 29.7 Å². The van der Waals surface area contributed by atoms with E-state index in [4.69, 9.17) is 0 Å². The molecule has 3 amide bonds. The van der Waals surface area contributed by atoms with Crippen LogP contribution in [0.5, 0.6) is 0 Å². The van der Waals surface area contributed by atoms with Crippen LogP contribution in [0, 0.1) is 17.8 Å². The van der Waals surface area contributed by atoms with Crippen LogP contribution in [0.2, 0.25) is 0 Å². The molecule has 4 heterocycles. The summed E-state index contributed by atoms with van der Waals surface area (Å²) in [5.74, 6) is -1.80. The van der Waals surface area contributed by atoms with E-state index in [-0.39, 0.29) is 55.3 Å². The Hall–Kier alpha value is -3.96. The zero-order valence-corrected chi connectivity index (χ0v) is 25.7. The lowest BCUT2D eigenvalue weighted by molar-refractivity contribution is -0.145. The number of carbonyl (C=O) groups excluding carboxylic acids is 3. The first-order valence-corrected chi connectivity index (χ1v) is 15.9. The Kier molecular flexibility index (Phi) is 8.34. The quantitative estimate of drug-likeness (QED) is 0.312. The number of para-hydroxylation sites is 1. The van der Waals surface area contributed by atoms with Gasteiger partial charge in [-0.25, -0.2) is 4.68 Å². The smallest absolute Gasteiger partial charge is 0.248 e. The number of benzene rings is 2. The number of hydrogen-bond acceptors (Lipinski definition) is 7. The van der Waals surface area contributed by atoms with Gasteiger partial charge in [0.15, 0.2) is 0 Å². The molecule has 6 rings (SSSR count). The molecule has 3 aliphatic heterocycles. The topological polar surface area (TPSA) is 112 Å². The molecule has 0 radical (unpaired) electrons. The molecule has 1 N–H and O–H groups in total. The lowest BCUT2D eigenvalue weighted by Crippen LogP contribution is -2.57. The van der Waals surface area contributed by atoms with Gasteiger partial charge in [0.25, 0.3) is 0 Å². The van der Waals surface area contributed by atoms with E-state index in [0.29, 0.717) is 13.1 Å². The third-order valence-electron chi connectivity index (χ3n) is 9.37. The minimum absolute atomic E-state index is 0.00732. The van der Waals surface area contributed by atoms with Crippen LogP contribution >= 0.6 is 11.8 Å². The summed E-state index contributed by atoms with van der Waals surface area (Å²) >= 11 is 1.63. The van der Waals surface area contributed by atoms with Gasteiger partial charge in [0, 0.05) is 31.4 Å². The molecule has 6 atom stereocenters. The maximum Gasteiger partial charge on any atom is 0.248 e. The molecule has 0 saturated carbocycles. The molecule has 10 nitrogen and oxygen atoms in total. The highest BCUT2D eigenvalue weighted by Crippen LogP contribution is 2.68. The van der Waals surface area contributed by atoms with Gasteiger partial charge in [0.2, 0.25) is 17.7 Å². The number of carbonyl (C=O) groups is 3. The van der Waals surface area contributed by atoms with Gasteiger partial charge in [-0.15, -0.1) is 30.0 Å². The summed E-state index contributed by atoms with van der Waals surface area (Å²) in [5.41, 5.74) is 2.50. The second-order valence-electron chi connectivity index (χ2n) is 11.9. The molecule has 2 aromatic carbocycles. The third kappa shape index (κ3) is 4.82. The van der Waals surface area contributed by atoms with Gasteiger partial charge in [-0.3, -0.25) is 14.4 Å². The average Bonchev–Trinajstić information content (AvgIpc) is 3.75. The molecule has 230 valence electrons. The predicted molar refractivity (Wildman–Crippen MR) is 169 cm³/mol. The lowest BCUT2D eigenvalue weighted by atomic mass is 9.65. The van der Waals surface area contributed by atoms with Gasteiger partial charge in [-0.05, 0) is 30.0 Å². The van der Waals surface area contributed by atoms with Gasteiger partial charge in [0.1, 0.15) is 18.2 Å². The van der Waals surface area contributed by atoms with E-state index in [0.717, 1.165) is 23.0 Å². The van der Waals surface area contributed by atoms with E-state index >= 15 is 0 Å². The number of rotatable bonds is 12. The Morgan fingerprint density at radius 3 is 2.50 bits per heavy atom. The fraction of sp³-hybridized carbons (Fsp3) is 0.424. The average molecular weight is 615 g/mol. The number of nitrogens with zero attached hydrogens (tertiary/aromatic N) is 6. The van der Waals surface area contributed by atoms with Crippen molar-refractivity contribution >= 4 is 40.5 Å². The molecule has 3 saturated heterocycles. The monoisotopic (exact) mass is 614 g/mol. The summed E-state index contributed by atoms with van der Waals surface area (Å²) < 4.78 is 0.871. The first kappa shape index (κ1) is 30.1. The second-order valence-corrected chi connectivity index (χ2v) is 13.4. The Labute approximate surface area is 261 Å². The van der Waals surface area contributed by atoms with E-state index in [9.17, 15) is 19.5 Å². The molecule has 1 aromatic heterocycles. The van der Waals surface area contributed by atoms with Crippen LogP contribution in [0.25, 0.3) is 11.0 Å². The van der Waals surface area contributed by atoms with Crippen molar-refractivity contribution in [2.45, 2.75) is 42.6 Å². The molecular weight excluding hydrogens is 576 g/mol. The molecule has 0 aliphatic carbocycles. The third-order valence-corrected chi connectivity index (χ3v) is 11.4. The van der Waals surface area contributed by atoms with E-state index in [1.165, 1.54) is 4.90 Å². The van der Waals surface area contributed by atoms with E-state index < -0.39 is 22.6 Å². The number of fused-ring (bicyclic) bond motifs is 2. The highest BCUT2D eigenvalue weighted by molar-refractivity contribution is 8.02. The van der Waals surface area contributed by atoms with Crippen molar-refractivity contribution < 1.29 is 19.5 Å². The number of aliphatic hydroxyl groups excluding tert-OH is 1. The van der Waals surface area contributed by atoms with Crippen molar-refractivity contribution in [2.24, 2.45) is 17.8 Å².